The average Bonchev–Trinajstić information content (AvgIpc) is 2.93. The zero-order valence-electron chi connectivity index (χ0n) is 10.9. The number of carbonyl (C=O) groups is 1. The topological polar surface area (TPSA) is 98.3 Å². The first-order valence-corrected chi connectivity index (χ1v) is 7.71. The summed E-state index contributed by atoms with van der Waals surface area (Å²) in [6.45, 7) is 0.0853. The van der Waals surface area contributed by atoms with Crippen molar-refractivity contribution < 1.29 is 13.2 Å². The van der Waals surface area contributed by atoms with Gasteiger partial charge in [0.05, 0.1) is 17.4 Å². The Balaban J connectivity index is 2.08. The van der Waals surface area contributed by atoms with E-state index >= 15 is 0 Å². The van der Waals surface area contributed by atoms with E-state index in [4.69, 9.17) is 5.14 Å². The molecule has 1 saturated heterocycles. The molecule has 2 N–H and O–H groups in total. The van der Waals surface area contributed by atoms with E-state index in [0.717, 1.165) is 10.9 Å². The third-order valence-electron chi connectivity index (χ3n) is 3.58. The maximum Gasteiger partial charge on any atom is 0.228 e. The van der Waals surface area contributed by atoms with Gasteiger partial charge in [0.2, 0.25) is 15.9 Å². The number of fused-ring (bicyclic) bond motifs is 1. The number of amides is 1. The van der Waals surface area contributed by atoms with Crippen LogP contribution in [0.4, 0.5) is 5.69 Å². The van der Waals surface area contributed by atoms with E-state index in [9.17, 15) is 13.2 Å². The van der Waals surface area contributed by atoms with Gasteiger partial charge < -0.3 is 4.90 Å². The van der Waals surface area contributed by atoms with Gasteiger partial charge in [0.1, 0.15) is 5.25 Å². The molecule has 2 heterocycles. The van der Waals surface area contributed by atoms with E-state index in [2.05, 4.69) is 5.10 Å². The first kappa shape index (κ1) is 13.1. The summed E-state index contributed by atoms with van der Waals surface area (Å²) < 4.78 is 24.5. The van der Waals surface area contributed by atoms with E-state index in [1.165, 1.54) is 4.90 Å². The molecule has 1 aliphatic rings. The summed E-state index contributed by atoms with van der Waals surface area (Å²) in [5.74, 6) is -0.238. The molecular formula is C12H14N4O3S. The number of aryl methyl sites for hydroxylation is 1. The van der Waals surface area contributed by atoms with Crippen LogP contribution in [0.15, 0.2) is 24.4 Å². The van der Waals surface area contributed by atoms with Crippen molar-refractivity contribution in [3.05, 3.63) is 24.4 Å². The minimum atomic E-state index is -3.71. The number of hydrogen-bond acceptors (Lipinski definition) is 4. The Hall–Kier alpha value is -1.93. The second-order valence-electron chi connectivity index (χ2n) is 4.90. The van der Waals surface area contributed by atoms with Crippen LogP contribution < -0.4 is 10.0 Å². The van der Waals surface area contributed by atoms with Gasteiger partial charge in [0.25, 0.3) is 0 Å². The van der Waals surface area contributed by atoms with Gasteiger partial charge in [-0.15, -0.1) is 0 Å². The van der Waals surface area contributed by atoms with Crippen LogP contribution in [0.2, 0.25) is 0 Å². The van der Waals surface area contributed by atoms with Gasteiger partial charge >= 0.3 is 0 Å². The summed E-state index contributed by atoms with van der Waals surface area (Å²) in [7, 11) is -1.93. The lowest BCUT2D eigenvalue weighted by molar-refractivity contribution is -0.117. The number of para-hydroxylation sites is 1. The second kappa shape index (κ2) is 4.29. The third kappa shape index (κ3) is 1.97. The molecule has 8 heteroatoms. The molecule has 1 amide bonds. The lowest BCUT2D eigenvalue weighted by Gasteiger charge is -2.18. The van der Waals surface area contributed by atoms with Crippen molar-refractivity contribution in [1.29, 1.82) is 0 Å². The number of hydrogen-bond donors (Lipinski definition) is 1. The molecule has 2 aromatic rings. The fraction of sp³-hybridized carbons (Fsp3) is 0.333. The van der Waals surface area contributed by atoms with Gasteiger partial charge in [0.15, 0.2) is 0 Å². The number of primary sulfonamides is 1. The Morgan fingerprint density at radius 2 is 2.15 bits per heavy atom. The number of aromatic nitrogens is 2. The molecule has 1 aromatic heterocycles. The van der Waals surface area contributed by atoms with Gasteiger partial charge in [-0.3, -0.25) is 9.48 Å². The summed E-state index contributed by atoms with van der Waals surface area (Å²) in [5.41, 5.74) is 1.47. The van der Waals surface area contributed by atoms with E-state index < -0.39 is 15.3 Å². The molecular weight excluding hydrogens is 280 g/mol. The number of nitrogens with zero attached hydrogens (tertiary/aromatic N) is 3. The van der Waals surface area contributed by atoms with Crippen molar-refractivity contribution in [2.45, 2.75) is 11.7 Å². The van der Waals surface area contributed by atoms with Crippen LogP contribution in [0.3, 0.4) is 0 Å². The number of benzene rings is 1. The Morgan fingerprint density at radius 1 is 1.40 bits per heavy atom. The summed E-state index contributed by atoms with van der Waals surface area (Å²) in [5, 5.41) is 9.35. The Kier molecular flexibility index (Phi) is 2.80. The Labute approximate surface area is 116 Å². The van der Waals surface area contributed by atoms with Crippen LogP contribution in [0.1, 0.15) is 6.42 Å². The largest absolute Gasteiger partial charge is 0.309 e. The summed E-state index contributed by atoms with van der Waals surface area (Å²) >= 11 is 0. The highest BCUT2D eigenvalue weighted by Gasteiger charge is 2.37. The van der Waals surface area contributed by atoms with E-state index in [1.807, 2.05) is 12.1 Å². The summed E-state index contributed by atoms with van der Waals surface area (Å²) in [6.07, 6.45) is 1.63. The number of carbonyl (C=O) groups excluding carboxylic acids is 1. The zero-order chi connectivity index (χ0) is 14.5. The summed E-state index contributed by atoms with van der Waals surface area (Å²) in [6, 6.07) is 5.49. The molecule has 0 radical (unpaired) electrons. The summed E-state index contributed by atoms with van der Waals surface area (Å²) in [4.78, 5) is 13.6. The quantitative estimate of drug-likeness (QED) is 0.840. The van der Waals surface area contributed by atoms with Gasteiger partial charge in [-0.2, -0.15) is 5.10 Å². The van der Waals surface area contributed by atoms with Crippen LogP contribution in [0, 0.1) is 0 Å². The zero-order valence-corrected chi connectivity index (χ0v) is 11.7. The fourth-order valence-electron chi connectivity index (χ4n) is 2.56. The molecule has 0 aliphatic carbocycles. The lowest BCUT2D eigenvalue weighted by Crippen LogP contribution is -2.32. The molecule has 0 spiro atoms. The molecule has 20 heavy (non-hydrogen) atoms. The highest BCUT2D eigenvalue weighted by molar-refractivity contribution is 7.89. The molecule has 1 aliphatic heterocycles. The fourth-order valence-corrected chi connectivity index (χ4v) is 3.29. The first-order valence-electron chi connectivity index (χ1n) is 6.10. The number of sulfonamides is 1. The monoisotopic (exact) mass is 294 g/mol. The molecule has 3 rings (SSSR count). The predicted molar refractivity (Wildman–Crippen MR) is 74.6 cm³/mol. The lowest BCUT2D eigenvalue weighted by atomic mass is 10.2. The number of anilines is 1. The van der Waals surface area contributed by atoms with E-state index in [-0.39, 0.29) is 18.9 Å². The van der Waals surface area contributed by atoms with E-state index in [0.29, 0.717) is 5.69 Å². The van der Waals surface area contributed by atoms with Crippen molar-refractivity contribution in [3.63, 3.8) is 0 Å². The van der Waals surface area contributed by atoms with Crippen molar-refractivity contribution in [2.75, 3.05) is 11.4 Å². The molecule has 1 aromatic carbocycles. The highest BCUT2D eigenvalue weighted by atomic mass is 32.2. The molecule has 0 saturated carbocycles. The standard InChI is InChI=1S/C12H14N4O3S/c1-15-12-8(6-14-15)3-2-4-10(12)16-7-9(5-11(16)17)20(13,18)19/h2-4,6,9H,5,7H2,1H3,(H2,13,18,19). The Morgan fingerprint density at radius 3 is 2.80 bits per heavy atom. The molecule has 7 nitrogen and oxygen atoms in total. The minimum Gasteiger partial charge on any atom is -0.309 e. The van der Waals surface area contributed by atoms with Crippen LogP contribution in [0.5, 0.6) is 0 Å². The molecule has 1 fully saturated rings. The van der Waals surface area contributed by atoms with Crippen LogP contribution >= 0.6 is 0 Å². The second-order valence-corrected chi connectivity index (χ2v) is 6.75. The maximum absolute atomic E-state index is 12.1. The third-order valence-corrected chi connectivity index (χ3v) is 4.83. The van der Waals surface area contributed by atoms with Crippen molar-refractivity contribution >= 4 is 32.5 Å². The number of rotatable bonds is 2. The van der Waals surface area contributed by atoms with Crippen molar-refractivity contribution in [1.82, 2.24) is 9.78 Å². The van der Waals surface area contributed by atoms with Crippen molar-refractivity contribution in [3.8, 4) is 0 Å². The predicted octanol–water partition coefficient (Wildman–Crippen LogP) is -0.0329. The average molecular weight is 294 g/mol. The molecule has 1 unspecified atom stereocenters. The van der Waals surface area contributed by atoms with Crippen molar-refractivity contribution in [2.24, 2.45) is 12.2 Å². The molecule has 1 atom stereocenters. The molecule has 106 valence electrons. The maximum atomic E-state index is 12.1. The van der Waals surface area contributed by atoms with Gasteiger partial charge in [-0.25, -0.2) is 13.6 Å². The molecule has 0 bridgehead atoms. The van der Waals surface area contributed by atoms with Gasteiger partial charge in [-0.05, 0) is 6.07 Å². The first-order chi connectivity index (χ1) is 9.38. The SMILES string of the molecule is Cn1ncc2cccc(N3CC(S(N)(=O)=O)CC3=O)c21. The highest BCUT2D eigenvalue weighted by Crippen LogP contribution is 2.30. The van der Waals surface area contributed by atoms with Crippen LogP contribution in [0.25, 0.3) is 10.9 Å². The van der Waals surface area contributed by atoms with Gasteiger partial charge in [-0.1, -0.05) is 12.1 Å². The van der Waals surface area contributed by atoms with Crippen LogP contribution in [-0.4, -0.2) is 35.9 Å². The van der Waals surface area contributed by atoms with E-state index in [1.54, 1.807) is 24.0 Å². The normalized spacial score (nSPS) is 20.0. The Bertz CT molecular complexity index is 796. The number of nitrogens with two attached hydrogens (primary N) is 1. The van der Waals surface area contributed by atoms with Crippen LogP contribution in [-0.2, 0) is 21.9 Å². The van der Waals surface area contributed by atoms with Gasteiger partial charge in [0, 0.05) is 25.4 Å². The minimum absolute atomic E-state index is 0.0763. The smallest absolute Gasteiger partial charge is 0.228 e.